The number of carbonyl (C=O) groups excluding carboxylic acids is 1. The predicted molar refractivity (Wildman–Crippen MR) is 104 cm³/mol. The number of hydrogen-bond donors (Lipinski definition) is 0. The summed E-state index contributed by atoms with van der Waals surface area (Å²) in [4.78, 5) is 21.4. The first-order valence-electron chi connectivity index (χ1n) is 9.52. The lowest BCUT2D eigenvalue weighted by molar-refractivity contribution is 0.0550. The molecule has 2 aromatic heterocycles. The van der Waals surface area contributed by atoms with Crippen molar-refractivity contribution in [3.8, 4) is 11.4 Å². The molecule has 1 amide bonds. The smallest absolute Gasteiger partial charge is 0.257 e. The summed E-state index contributed by atoms with van der Waals surface area (Å²) < 4.78 is 11.0. The van der Waals surface area contributed by atoms with Gasteiger partial charge in [-0.2, -0.15) is 4.98 Å². The molecular formula is C21H24N4O3. The van der Waals surface area contributed by atoms with E-state index >= 15 is 0 Å². The van der Waals surface area contributed by atoms with Crippen molar-refractivity contribution in [2.45, 2.75) is 26.8 Å². The standard InChI is InChI=1S/C21H24N4O3/c1-14-13-18(16(3)27-14)21(26)25-11-9-24(10-12-25)15(2)20-22-19(23-28-20)17-7-5-4-6-8-17/h4-8,13,15H,9-12H2,1-3H3. The molecule has 1 fully saturated rings. The highest BCUT2D eigenvalue weighted by Crippen LogP contribution is 2.24. The van der Waals surface area contributed by atoms with Crippen molar-refractivity contribution < 1.29 is 13.7 Å². The number of nitrogens with zero attached hydrogens (tertiary/aromatic N) is 4. The summed E-state index contributed by atoms with van der Waals surface area (Å²) in [5.74, 6) is 2.67. The Hall–Kier alpha value is -2.93. The molecule has 7 nitrogen and oxygen atoms in total. The van der Waals surface area contributed by atoms with Crippen LogP contribution < -0.4 is 0 Å². The van der Waals surface area contributed by atoms with E-state index in [1.54, 1.807) is 0 Å². The van der Waals surface area contributed by atoms with Gasteiger partial charge in [0.15, 0.2) is 0 Å². The quantitative estimate of drug-likeness (QED) is 0.690. The first-order chi connectivity index (χ1) is 13.5. The molecule has 0 aliphatic carbocycles. The van der Waals surface area contributed by atoms with Crippen molar-refractivity contribution in [2.75, 3.05) is 26.2 Å². The highest BCUT2D eigenvalue weighted by molar-refractivity contribution is 5.95. The normalized spacial score (nSPS) is 16.3. The largest absolute Gasteiger partial charge is 0.466 e. The van der Waals surface area contributed by atoms with Crippen LogP contribution in [0.15, 0.2) is 45.3 Å². The van der Waals surface area contributed by atoms with Crippen LogP contribution in [0, 0.1) is 13.8 Å². The summed E-state index contributed by atoms with van der Waals surface area (Å²) >= 11 is 0. The Bertz CT molecular complexity index is 955. The van der Waals surface area contributed by atoms with Gasteiger partial charge in [0, 0.05) is 31.7 Å². The highest BCUT2D eigenvalue weighted by atomic mass is 16.5. The highest BCUT2D eigenvalue weighted by Gasteiger charge is 2.29. The first kappa shape index (κ1) is 18.4. The number of aromatic nitrogens is 2. The van der Waals surface area contributed by atoms with Gasteiger partial charge in [0.25, 0.3) is 5.91 Å². The van der Waals surface area contributed by atoms with Gasteiger partial charge >= 0.3 is 0 Å². The van der Waals surface area contributed by atoms with E-state index in [1.165, 1.54) is 0 Å². The molecule has 4 rings (SSSR count). The number of furan rings is 1. The zero-order chi connectivity index (χ0) is 19.7. The molecule has 0 N–H and O–H groups in total. The van der Waals surface area contributed by atoms with E-state index in [0.717, 1.165) is 24.4 Å². The summed E-state index contributed by atoms with van der Waals surface area (Å²) in [5.41, 5.74) is 1.59. The van der Waals surface area contributed by atoms with Crippen molar-refractivity contribution in [1.29, 1.82) is 0 Å². The predicted octanol–water partition coefficient (Wildman–Crippen LogP) is 3.47. The van der Waals surface area contributed by atoms with Crippen LogP contribution in [0.3, 0.4) is 0 Å². The molecule has 1 aliphatic heterocycles. The minimum absolute atomic E-state index is 0.000111. The van der Waals surface area contributed by atoms with E-state index in [1.807, 2.05) is 55.1 Å². The Labute approximate surface area is 163 Å². The Morgan fingerprint density at radius 1 is 1.11 bits per heavy atom. The lowest BCUT2D eigenvalue weighted by atomic mass is 10.1. The molecule has 7 heteroatoms. The fraction of sp³-hybridized carbons (Fsp3) is 0.381. The van der Waals surface area contributed by atoms with E-state index in [0.29, 0.717) is 36.1 Å². The zero-order valence-electron chi connectivity index (χ0n) is 16.4. The maximum Gasteiger partial charge on any atom is 0.257 e. The fourth-order valence-electron chi connectivity index (χ4n) is 3.59. The van der Waals surface area contributed by atoms with E-state index in [4.69, 9.17) is 8.94 Å². The van der Waals surface area contributed by atoms with Gasteiger partial charge in [-0.1, -0.05) is 35.5 Å². The van der Waals surface area contributed by atoms with Crippen LogP contribution in [-0.4, -0.2) is 52.0 Å². The van der Waals surface area contributed by atoms with Gasteiger partial charge < -0.3 is 13.8 Å². The number of hydrogen-bond acceptors (Lipinski definition) is 6. The van der Waals surface area contributed by atoms with Gasteiger partial charge in [-0.05, 0) is 26.8 Å². The van der Waals surface area contributed by atoms with Crippen LogP contribution in [0.25, 0.3) is 11.4 Å². The number of rotatable bonds is 4. The Balaban J connectivity index is 1.39. The fourth-order valence-corrected chi connectivity index (χ4v) is 3.59. The molecule has 0 saturated carbocycles. The lowest BCUT2D eigenvalue weighted by Gasteiger charge is -2.36. The van der Waals surface area contributed by atoms with Gasteiger partial charge in [-0.15, -0.1) is 0 Å². The van der Waals surface area contributed by atoms with Crippen LogP contribution in [-0.2, 0) is 0 Å². The van der Waals surface area contributed by atoms with Crippen LogP contribution >= 0.6 is 0 Å². The van der Waals surface area contributed by atoms with Gasteiger partial charge in [0.1, 0.15) is 11.5 Å². The van der Waals surface area contributed by atoms with Gasteiger partial charge in [0.2, 0.25) is 11.7 Å². The van der Waals surface area contributed by atoms with E-state index in [9.17, 15) is 4.79 Å². The number of carbonyl (C=O) groups is 1. The third-order valence-corrected chi connectivity index (χ3v) is 5.25. The number of piperazine rings is 1. The zero-order valence-corrected chi connectivity index (χ0v) is 16.4. The second-order valence-corrected chi connectivity index (χ2v) is 7.15. The maximum absolute atomic E-state index is 12.7. The minimum atomic E-state index is 0.000111. The molecule has 1 atom stereocenters. The summed E-state index contributed by atoms with van der Waals surface area (Å²) in [6, 6.07) is 11.6. The number of aryl methyl sites for hydroxylation is 2. The van der Waals surface area contributed by atoms with Gasteiger partial charge in [-0.3, -0.25) is 9.69 Å². The summed E-state index contributed by atoms with van der Waals surface area (Å²) in [5, 5.41) is 4.11. The number of amides is 1. The molecule has 0 spiro atoms. The van der Waals surface area contributed by atoms with Crippen LogP contribution in [0.2, 0.25) is 0 Å². The Morgan fingerprint density at radius 3 is 2.46 bits per heavy atom. The lowest BCUT2D eigenvalue weighted by Crippen LogP contribution is -2.49. The second-order valence-electron chi connectivity index (χ2n) is 7.15. The third-order valence-electron chi connectivity index (χ3n) is 5.25. The maximum atomic E-state index is 12.7. The van der Waals surface area contributed by atoms with Crippen molar-refractivity contribution in [3.63, 3.8) is 0 Å². The van der Waals surface area contributed by atoms with Crippen LogP contribution in [0.5, 0.6) is 0 Å². The molecule has 1 aliphatic rings. The Morgan fingerprint density at radius 2 is 1.82 bits per heavy atom. The Kier molecular flexibility index (Phi) is 5.00. The minimum Gasteiger partial charge on any atom is -0.466 e. The van der Waals surface area contributed by atoms with Crippen LogP contribution in [0.1, 0.15) is 40.7 Å². The molecule has 3 aromatic rings. The van der Waals surface area contributed by atoms with E-state index in [2.05, 4.69) is 22.0 Å². The molecule has 1 unspecified atom stereocenters. The van der Waals surface area contributed by atoms with E-state index in [-0.39, 0.29) is 11.9 Å². The van der Waals surface area contributed by atoms with Crippen LogP contribution in [0.4, 0.5) is 0 Å². The molecule has 1 saturated heterocycles. The van der Waals surface area contributed by atoms with Crippen molar-refractivity contribution in [1.82, 2.24) is 19.9 Å². The van der Waals surface area contributed by atoms with Crippen molar-refractivity contribution >= 4 is 5.91 Å². The monoisotopic (exact) mass is 380 g/mol. The summed E-state index contributed by atoms with van der Waals surface area (Å²) in [7, 11) is 0. The third kappa shape index (κ3) is 3.57. The van der Waals surface area contributed by atoms with Gasteiger partial charge in [0.05, 0.1) is 11.6 Å². The average Bonchev–Trinajstić information content (AvgIpc) is 3.34. The summed E-state index contributed by atoms with van der Waals surface area (Å²) in [6.45, 7) is 8.58. The first-order valence-corrected chi connectivity index (χ1v) is 9.52. The van der Waals surface area contributed by atoms with Crippen molar-refractivity contribution in [2.24, 2.45) is 0 Å². The molecule has 146 valence electrons. The molecule has 0 bridgehead atoms. The molecule has 3 heterocycles. The topological polar surface area (TPSA) is 75.6 Å². The molecular weight excluding hydrogens is 356 g/mol. The molecule has 0 radical (unpaired) electrons. The average molecular weight is 380 g/mol. The SMILES string of the molecule is Cc1cc(C(=O)N2CCN(C(C)c3nc(-c4ccccc4)no3)CC2)c(C)o1. The molecule has 1 aromatic carbocycles. The number of benzene rings is 1. The summed E-state index contributed by atoms with van der Waals surface area (Å²) in [6.07, 6.45) is 0. The second kappa shape index (κ2) is 7.59. The van der Waals surface area contributed by atoms with Gasteiger partial charge in [-0.25, -0.2) is 0 Å². The van der Waals surface area contributed by atoms with Crippen molar-refractivity contribution in [3.05, 3.63) is 59.4 Å². The van der Waals surface area contributed by atoms with E-state index < -0.39 is 0 Å². The molecule has 28 heavy (non-hydrogen) atoms.